The Morgan fingerprint density at radius 3 is 1.53 bits per heavy atom. The Kier molecular flexibility index (Phi) is 6.25. The second-order valence-electron chi connectivity index (χ2n) is 5.37. The third-order valence-corrected chi connectivity index (χ3v) is 3.34. The molecule has 4 N–H and O–H groups in total. The summed E-state index contributed by atoms with van der Waals surface area (Å²) in [7, 11) is 0. The van der Waals surface area contributed by atoms with Crippen molar-refractivity contribution in [2.24, 2.45) is 31.9 Å². The van der Waals surface area contributed by atoms with E-state index in [9.17, 15) is 10.2 Å². The van der Waals surface area contributed by atoms with Crippen LogP contribution in [0, 0.1) is 0 Å². The SMILES string of the molecule is NC(=NN=C([O-])c1cccc(C([O-])=NN=C(N)c2cnccn2)n1)c1cnccn1. The molecule has 0 atom stereocenters. The maximum atomic E-state index is 12.2. The van der Waals surface area contributed by atoms with Gasteiger partial charge in [-0.1, -0.05) is 6.07 Å². The van der Waals surface area contributed by atoms with Gasteiger partial charge in [0.1, 0.15) is 11.4 Å². The highest BCUT2D eigenvalue weighted by atomic mass is 16.3. The van der Waals surface area contributed by atoms with Gasteiger partial charge >= 0.3 is 0 Å². The molecule has 30 heavy (non-hydrogen) atoms. The van der Waals surface area contributed by atoms with Crippen LogP contribution in [0.3, 0.4) is 0 Å². The molecule has 3 rings (SSSR count). The number of pyridine rings is 1. The third-order valence-electron chi connectivity index (χ3n) is 3.34. The second-order valence-corrected chi connectivity index (χ2v) is 5.37. The lowest BCUT2D eigenvalue weighted by atomic mass is 10.3. The van der Waals surface area contributed by atoms with E-state index in [1.54, 1.807) is 0 Å². The molecule has 0 saturated heterocycles. The average molecular weight is 403 g/mol. The largest absolute Gasteiger partial charge is 0.856 e. The van der Waals surface area contributed by atoms with E-state index in [0.29, 0.717) is 0 Å². The molecule has 0 aliphatic carbocycles. The summed E-state index contributed by atoms with van der Waals surface area (Å²) >= 11 is 0. The molecule has 0 aliphatic rings. The number of aromatic nitrogens is 5. The minimum atomic E-state index is -0.820. The zero-order valence-corrected chi connectivity index (χ0v) is 15.2. The monoisotopic (exact) mass is 403 g/mol. The first-order valence-corrected chi connectivity index (χ1v) is 8.21. The number of amidine groups is 2. The van der Waals surface area contributed by atoms with Crippen molar-refractivity contribution in [2.45, 2.75) is 0 Å². The molecular weight excluding hydrogens is 390 g/mol. The minimum Gasteiger partial charge on any atom is -0.856 e. The van der Waals surface area contributed by atoms with Crippen LogP contribution in [0.15, 0.2) is 75.8 Å². The fourth-order valence-corrected chi connectivity index (χ4v) is 1.94. The van der Waals surface area contributed by atoms with Gasteiger partial charge in [0.25, 0.3) is 0 Å². The van der Waals surface area contributed by atoms with E-state index in [-0.39, 0.29) is 34.4 Å². The normalized spacial score (nSPS) is 13.3. The minimum absolute atomic E-state index is 0.104. The molecule has 0 saturated carbocycles. The van der Waals surface area contributed by atoms with Crippen LogP contribution in [0.4, 0.5) is 0 Å². The van der Waals surface area contributed by atoms with E-state index < -0.39 is 11.8 Å². The van der Waals surface area contributed by atoms with E-state index in [0.717, 1.165) is 0 Å². The van der Waals surface area contributed by atoms with Gasteiger partial charge in [-0.2, -0.15) is 10.2 Å². The maximum absolute atomic E-state index is 12.2. The predicted octanol–water partition coefficient (Wildman–Crippen LogP) is -2.48. The van der Waals surface area contributed by atoms with Crippen LogP contribution in [0.1, 0.15) is 22.8 Å². The molecule has 0 spiro atoms. The van der Waals surface area contributed by atoms with Gasteiger partial charge in [0, 0.05) is 36.6 Å². The van der Waals surface area contributed by atoms with Crippen molar-refractivity contribution in [2.75, 3.05) is 0 Å². The lowest BCUT2D eigenvalue weighted by molar-refractivity contribution is -0.214. The third kappa shape index (κ3) is 5.13. The van der Waals surface area contributed by atoms with Crippen LogP contribution in [0.5, 0.6) is 0 Å². The maximum Gasteiger partial charge on any atom is 0.173 e. The number of hydrogen-bond acceptors (Lipinski definition) is 11. The first kappa shape index (κ1) is 19.9. The summed E-state index contributed by atoms with van der Waals surface area (Å²) in [5.74, 6) is -1.85. The van der Waals surface area contributed by atoms with Gasteiger partial charge in [-0.25, -0.2) is 15.0 Å². The van der Waals surface area contributed by atoms with Crippen LogP contribution >= 0.6 is 0 Å². The Labute approximate surface area is 169 Å². The fraction of sp³-hybridized carbons (Fsp3) is 0. The van der Waals surface area contributed by atoms with E-state index in [2.05, 4.69) is 45.3 Å². The Bertz CT molecular complexity index is 1040. The van der Waals surface area contributed by atoms with Crippen LogP contribution in [-0.4, -0.2) is 48.4 Å². The summed E-state index contributed by atoms with van der Waals surface area (Å²) in [6, 6.07) is 4.14. The number of rotatable bonds is 6. The molecule has 150 valence electrons. The number of hydrogen-bond donors (Lipinski definition) is 2. The zero-order chi connectivity index (χ0) is 21.3. The van der Waals surface area contributed by atoms with E-state index in [4.69, 9.17) is 11.5 Å². The lowest BCUT2D eigenvalue weighted by Gasteiger charge is -2.12. The molecule has 3 heterocycles. The summed E-state index contributed by atoms with van der Waals surface area (Å²) < 4.78 is 0. The van der Waals surface area contributed by atoms with Gasteiger partial charge in [0.2, 0.25) is 0 Å². The van der Waals surface area contributed by atoms with Crippen molar-refractivity contribution in [3.63, 3.8) is 0 Å². The smallest absolute Gasteiger partial charge is 0.173 e. The van der Waals surface area contributed by atoms with Gasteiger partial charge in [0.05, 0.1) is 23.8 Å². The summed E-state index contributed by atoms with van der Waals surface area (Å²) in [6.45, 7) is 0. The number of nitrogens with zero attached hydrogens (tertiary/aromatic N) is 9. The molecule has 13 nitrogen and oxygen atoms in total. The first-order chi connectivity index (χ1) is 14.5. The van der Waals surface area contributed by atoms with Gasteiger partial charge in [-0.05, 0) is 12.1 Å². The highest BCUT2D eigenvalue weighted by Gasteiger charge is 2.02. The van der Waals surface area contributed by atoms with Crippen LogP contribution in [0.25, 0.3) is 0 Å². The Hall–Kier alpha value is -4.81. The molecular formula is C17H13N11O2-2. The van der Waals surface area contributed by atoms with Gasteiger partial charge in [-0.15, -0.1) is 10.2 Å². The van der Waals surface area contributed by atoms with Gasteiger partial charge in [-0.3, -0.25) is 9.97 Å². The van der Waals surface area contributed by atoms with Crippen LogP contribution in [-0.2, 0) is 0 Å². The van der Waals surface area contributed by atoms with Crippen molar-refractivity contribution in [3.05, 3.63) is 78.2 Å². The van der Waals surface area contributed by atoms with Gasteiger partial charge < -0.3 is 21.7 Å². The van der Waals surface area contributed by atoms with Crippen LogP contribution < -0.4 is 21.7 Å². The summed E-state index contributed by atoms with van der Waals surface area (Å²) in [5.41, 5.74) is 11.6. The molecule has 13 heteroatoms. The second kappa shape index (κ2) is 9.41. The van der Waals surface area contributed by atoms with Crippen molar-refractivity contribution >= 4 is 23.5 Å². The lowest BCUT2D eigenvalue weighted by Crippen LogP contribution is -2.25. The summed E-state index contributed by atoms with van der Waals surface area (Å²) in [5, 5.41) is 38.5. The summed E-state index contributed by atoms with van der Waals surface area (Å²) in [4.78, 5) is 19.4. The quantitative estimate of drug-likeness (QED) is 0.253. The average Bonchev–Trinajstić information content (AvgIpc) is 2.81. The van der Waals surface area contributed by atoms with E-state index in [1.165, 1.54) is 55.4 Å². The Morgan fingerprint density at radius 1 is 0.667 bits per heavy atom. The highest BCUT2D eigenvalue weighted by molar-refractivity contribution is 5.97. The highest BCUT2D eigenvalue weighted by Crippen LogP contribution is 2.01. The van der Waals surface area contributed by atoms with E-state index in [1.807, 2.05) is 0 Å². The molecule has 3 aromatic rings. The molecule has 0 fully saturated rings. The van der Waals surface area contributed by atoms with Crippen molar-refractivity contribution < 1.29 is 10.2 Å². The molecule has 0 radical (unpaired) electrons. The molecule has 3 aromatic heterocycles. The van der Waals surface area contributed by atoms with Crippen molar-refractivity contribution in [1.82, 2.24) is 24.9 Å². The molecule has 0 bridgehead atoms. The Balaban J connectivity index is 1.79. The zero-order valence-electron chi connectivity index (χ0n) is 15.2. The fourth-order valence-electron chi connectivity index (χ4n) is 1.94. The standard InChI is InChI=1S/C17H15N11O2/c18-14(12-8-20-4-6-22-12)25-27-16(29)10-2-1-3-11(24-10)17(30)28-26-15(19)13-9-21-5-7-23-13/h1-9H,(H2,18,25)(H2,19,26)(H,27,29)(H,28,30)/p-2. The molecule has 0 aromatic carbocycles. The van der Waals surface area contributed by atoms with E-state index >= 15 is 0 Å². The van der Waals surface area contributed by atoms with Crippen molar-refractivity contribution in [1.29, 1.82) is 0 Å². The van der Waals surface area contributed by atoms with Crippen LogP contribution in [0.2, 0.25) is 0 Å². The predicted molar refractivity (Wildman–Crippen MR) is 103 cm³/mol. The first-order valence-electron chi connectivity index (χ1n) is 8.21. The van der Waals surface area contributed by atoms with Gasteiger partial charge in [0.15, 0.2) is 11.7 Å². The Morgan fingerprint density at radius 2 is 1.13 bits per heavy atom. The molecule has 0 amide bonds. The topological polar surface area (TPSA) is 212 Å². The van der Waals surface area contributed by atoms with Crippen molar-refractivity contribution in [3.8, 4) is 0 Å². The number of nitrogens with two attached hydrogens (primary N) is 2. The summed E-state index contributed by atoms with van der Waals surface area (Å²) in [6.07, 6.45) is 8.48. The molecule has 0 aliphatic heterocycles. The molecule has 0 unspecified atom stereocenters.